The lowest BCUT2D eigenvalue weighted by molar-refractivity contribution is 0.584. The third-order valence-electron chi connectivity index (χ3n) is 2.64. The lowest BCUT2D eigenvalue weighted by atomic mass is 10.1. The number of aromatic nitrogens is 1. The molecular weight excluding hydrogens is 160 g/mol. The summed E-state index contributed by atoms with van der Waals surface area (Å²) in [6.45, 7) is 2.09. The number of hydrogen-bond donors (Lipinski definition) is 1. The third kappa shape index (κ3) is 2.28. The molecule has 13 heavy (non-hydrogen) atoms. The van der Waals surface area contributed by atoms with Crippen LogP contribution >= 0.6 is 0 Å². The highest BCUT2D eigenvalue weighted by Gasteiger charge is 2.28. The molecule has 0 saturated heterocycles. The molecule has 0 spiro atoms. The molecule has 1 saturated carbocycles. The highest BCUT2D eigenvalue weighted by Crippen LogP contribution is 2.32. The molecule has 70 valence electrons. The molecule has 1 unspecified atom stereocenters. The molecule has 2 N–H and O–H groups in total. The normalized spacial score (nSPS) is 18.6. The van der Waals surface area contributed by atoms with Crippen molar-refractivity contribution in [3.05, 3.63) is 29.6 Å². The predicted octanol–water partition coefficient (Wildman–Crippen LogP) is 1.67. The number of nitrogens with zero attached hydrogens (tertiary/aromatic N) is 1. The van der Waals surface area contributed by atoms with Crippen molar-refractivity contribution in [3.8, 4) is 0 Å². The van der Waals surface area contributed by atoms with E-state index in [4.69, 9.17) is 5.73 Å². The van der Waals surface area contributed by atoms with Gasteiger partial charge in [-0.15, -0.1) is 0 Å². The van der Waals surface area contributed by atoms with E-state index in [1.54, 1.807) is 0 Å². The number of pyridine rings is 1. The maximum atomic E-state index is 6.02. The minimum atomic E-state index is 0.328. The van der Waals surface area contributed by atoms with Gasteiger partial charge >= 0.3 is 0 Å². The van der Waals surface area contributed by atoms with E-state index in [0.717, 1.165) is 18.0 Å². The Labute approximate surface area is 79.2 Å². The Morgan fingerprint density at radius 3 is 3.00 bits per heavy atom. The summed E-state index contributed by atoms with van der Waals surface area (Å²) >= 11 is 0. The summed E-state index contributed by atoms with van der Waals surface area (Å²) in [5.41, 5.74) is 8.43. The van der Waals surface area contributed by atoms with Crippen molar-refractivity contribution in [2.45, 2.75) is 32.2 Å². The fourth-order valence-corrected chi connectivity index (χ4v) is 1.64. The van der Waals surface area contributed by atoms with Crippen LogP contribution in [0.15, 0.2) is 18.3 Å². The Hall–Kier alpha value is -0.890. The fraction of sp³-hybridized carbons (Fsp3) is 0.545. The second kappa shape index (κ2) is 3.46. The average Bonchev–Trinajstić information content (AvgIpc) is 2.85. The molecule has 1 aromatic heterocycles. The van der Waals surface area contributed by atoms with Gasteiger partial charge in [-0.25, -0.2) is 0 Å². The van der Waals surface area contributed by atoms with Gasteiger partial charge in [-0.05, 0) is 43.4 Å². The molecule has 0 amide bonds. The Morgan fingerprint density at radius 1 is 1.62 bits per heavy atom. The van der Waals surface area contributed by atoms with E-state index >= 15 is 0 Å². The van der Waals surface area contributed by atoms with Crippen LogP contribution in [-0.4, -0.2) is 11.0 Å². The summed E-state index contributed by atoms with van der Waals surface area (Å²) in [5.74, 6) is 0.766. The maximum absolute atomic E-state index is 6.02. The van der Waals surface area contributed by atoms with Crippen molar-refractivity contribution < 1.29 is 0 Å². The Bertz CT molecular complexity index is 292. The Balaban J connectivity index is 2.00. The largest absolute Gasteiger partial charge is 0.327 e. The maximum Gasteiger partial charge on any atom is 0.0421 e. The standard InChI is InChI=1S/C11H16N2/c1-8-4-5-13-10(6-8)7-11(12)9-2-3-9/h4-6,9,11H,2-3,7,12H2,1H3. The van der Waals surface area contributed by atoms with Crippen molar-refractivity contribution in [2.24, 2.45) is 11.7 Å². The number of nitrogens with two attached hydrogens (primary N) is 1. The van der Waals surface area contributed by atoms with Crippen LogP contribution in [0.3, 0.4) is 0 Å². The van der Waals surface area contributed by atoms with Gasteiger partial charge in [-0.3, -0.25) is 4.98 Å². The minimum Gasteiger partial charge on any atom is -0.327 e. The molecule has 0 radical (unpaired) electrons. The molecule has 1 fully saturated rings. The SMILES string of the molecule is Cc1ccnc(CC(N)C2CC2)c1. The summed E-state index contributed by atoms with van der Waals surface area (Å²) in [7, 11) is 0. The van der Waals surface area contributed by atoms with Crippen LogP contribution in [0.25, 0.3) is 0 Å². The topological polar surface area (TPSA) is 38.9 Å². The van der Waals surface area contributed by atoms with E-state index in [2.05, 4.69) is 18.0 Å². The van der Waals surface area contributed by atoms with Gasteiger partial charge in [0, 0.05) is 24.4 Å². The third-order valence-corrected chi connectivity index (χ3v) is 2.64. The monoisotopic (exact) mass is 176 g/mol. The summed E-state index contributed by atoms with van der Waals surface area (Å²) in [6, 6.07) is 4.48. The van der Waals surface area contributed by atoms with Gasteiger partial charge in [-0.1, -0.05) is 0 Å². The second-order valence-corrected chi connectivity index (χ2v) is 4.03. The summed E-state index contributed by atoms with van der Waals surface area (Å²) in [4.78, 5) is 4.31. The van der Waals surface area contributed by atoms with Crippen LogP contribution in [0.2, 0.25) is 0 Å². The van der Waals surface area contributed by atoms with Crippen LogP contribution in [0.1, 0.15) is 24.1 Å². The number of hydrogen-bond acceptors (Lipinski definition) is 2. The van der Waals surface area contributed by atoms with Crippen molar-refractivity contribution in [1.82, 2.24) is 4.98 Å². The van der Waals surface area contributed by atoms with E-state index in [9.17, 15) is 0 Å². The average molecular weight is 176 g/mol. The fourth-order valence-electron chi connectivity index (χ4n) is 1.64. The van der Waals surface area contributed by atoms with Crippen LogP contribution in [0.5, 0.6) is 0 Å². The van der Waals surface area contributed by atoms with Gasteiger partial charge in [0.15, 0.2) is 0 Å². The molecule has 0 aromatic carbocycles. The minimum absolute atomic E-state index is 0.328. The summed E-state index contributed by atoms with van der Waals surface area (Å²) in [6.07, 6.45) is 5.43. The van der Waals surface area contributed by atoms with Gasteiger partial charge in [0.2, 0.25) is 0 Å². The van der Waals surface area contributed by atoms with Crippen molar-refractivity contribution in [3.63, 3.8) is 0 Å². The van der Waals surface area contributed by atoms with Gasteiger partial charge in [0.1, 0.15) is 0 Å². The highest BCUT2D eigenvalue weighted by molar-refractivity contribution is 5.15. The number of rotatable bonds is 3. The Morgan fingerprint density at radius 2 is 2.38 bits per heavy atom. The molecule has 0 bridgehead atoms. The zero-order valence-corrected chi connectivity index (χ0v) is 8.03. The molecule has 1 atom stereocenters. The van der Waals surface area contributed by atoms with Crippen molar-refractivity contribution in [1.29, 1.82) is 0 Å². The Kier molecular flexibility index (Phi) is 2.32. The van der Waals surface area contributed by atoms with Crippen LogP contribution in [-0.2, 0) is 6.42 Å². The molecule has 1 aliphatic carbocycles. The van der Waals surface area contributed by atoms with Gasteiger partial charge in [-0.2, -0.15) is 0 Å². The van der Waals surface area contributed by atoms with E-state index < -0.39 is 0 Å². The molecular formula is C11H16N2. The lowest BCUT2D eigenvalue weighted by Gasteiger charge is -2.09. The molecule has 2 nitrogen and oxygen atoms in total. The van der Waals surface area contributed by atoms with Gasteiger partial charge in [0.25, 0.3) is 0 Å². The highest BCUT2D eigenvalue weighted by atomic mass is 14.7. The van der Waals surface area contributed by atoms with E-state index in [1.165, 1.54) is 18.4 Å². The molecule has 1 aliphatic rings. The number of aryl methyl sites for hydroxylation is 1. The summed E-state index contributed by atoms with van der Waals surface area (Å²) < 4.78 is 0. The quantitative estimate of drug-likeness (QED) is 0.761. The van der Waals surface area contributed by atoms with E-state index in [1.807, 2.05) is 12.3 Å². The zero-order valence-electron chi connectivity index (χ0n) is 8.03. The van der Waals surface area contributed by atoms with Crippen LogP contribution in [0, 0.1) is 12.8 Å². The molecule has 0 aliphatic heterocycles. The van der Waals surface area contributed by atoms with Crippen molar-refractivity contribution in [2.75, 3.05) is 0 Å². The van der Waals surface area contributed by atoms with E-state index in [0.29, 0.717) is 6.04 Å². The first-order valence-corrected chi connectivity index (χ1v) is 4.93. The lowest BCUT2D eigenvalue weighted by Crippen LogP contribution is -2.25. The van der Waals surface area contributed by atoms with Crippen LogP contribution in [0.4, 0.5) is 0 Å². The van der Waals surface area contributed by atoms with Crippen LogP contribution < -0.4 is 5.73 Å². The zero-order chi connectivity index (χ0) is 9.26. The predicted molar refractivity (Wildman–Crippen MR) is 53.4 cm³/mol. The molecule has 1 heterocycles. The van der Waals surface area contributed by atoms with E-state index in [-0.39, 0.29) is 0 Å². The first kappa shape index (κ1) is 8.70. The van der Waals surface area contributed by atoms with Gasteiger partial charge < -0.3 is 5.73 Å². The van der Waals surface area contributed by atoms with Gasteiger partial charge in [0.05, 0.1) is 0 Å². The molecule has 2 heteroatoms. The smallest absolute Gasteiger partial charge is 0.0421 e. The molecule has 1 aromatic rings. The van der Waals surface area contributed by atoms with Crippen molar-refractivity contribution >= 4 is 0 Å². The second-order valence-electron chi connectivity index (χ2n) is 4.03. The first-order valence-electron chi connectivity index (χ1n) is 4.93. The summed E-state index contributed by atoms with van der Waals surface area (Å²) in [5, 5.41) is 0. The first-order chi connectivity index (χ1) is 6.25. The molecule has 2 rings (SSSR count).